The third-order valence-corrected chi connectivity index (χ3v) is 7.55. The highest BCUT2D eigenvalue weighted by Crippen LogP contribution is 2.33. The van der Waals surface area contributed by atoms with Gasteiger partial charge in [0.25, 0.3) is 5.91 Å². The summed E-state index contributed by atoms with van der Waals surface area (Å²) in [4.78, 5) is 34.7. The van der Waals surface area contributed by atoms with Gasteiger partial charge in [0.2, 0.25) is 0 Å². The highest BCUT2D eigenvalue weighted by Gasteiger charge is 2.32. The molecule has 4 heterocycles. The first-order valence-corrected chi connectivity index (χ1v) is 12.9. The van der Waals surface area contributed by atoms with Gasteiger partial charge in [-0.15, -0.1) is 11.3 Å². The summed E-state index contributed by atoms with van der Waals surface area (Å²) in [5, 5.41) is 7.38. The van der Waals surface area contributed by atoms with Crippen LogP contribution < -0.4 is 5.43 Å². The lowest BCUT2D eigenvalue weighted by molar-refractivity contribution is 0.0774. The maximum atomic E-state index is 13.5. The first kappa shape index (κ1) is 22.2. The smallest absolute Gasteiger partial charge is 0.274 e. The number of thiazole rings is 1. The highest BCUT2D eigenvalue weighted by atomic mass is 32.1. The summed E-state index contributed by atoms with van der Waals surface area (Å²) in [6, 6.07) is 7.32. The van der Waals surface area contributed by atoms with E-state index in [1.54, 1.807) is 29.8 Å². The van der Waals surface area contributed by atoms with Crippen LogP contribution >= 0.6 is 11.3 Å². The topological polar surface area (TPSA) is 84.5 Å². The van der Waals surface area contributed by atoms with Crippen molar-refractivity contribution in [1.82, 2.24) is 24.6 Å². The summed E-state index contributed by atoms with van der Waals surface area (Å²) >= 11 is 1.52. The molecule has 0 unspecified atom stereocenters. The summed E-state index contributed by atoms with van der Waals surface area (Å²) in [5.74, 6) is 0.575. The lowest BCUT2D eigenvalue weighted by atomic mass is 10.0. The van der Waals surface area contributed by atoms with E-state index in [2.05, 4.69) is 14.6 Å². The van der Waals surface area contributed by atoms with E-state index in [0.29, 0.717) is 47.8 Å². The monoisotopic (exact) mass is 489 g/mol. The fraction of sp³-hybridized carbons (Fsp3) is 0.385. The van der Waals surface area contributed by atoms with E-state index in [-0.39, 0.29) is 11.3 Å². The third-order valence-electron chi connectivity index (χ3n) is 6.92. The van der Waals surface area contributed by atoms with Gasteiger partial charge in [0.1, 0.15) is 5.58 Å². The van der Waals surface area contributed by atoms with Gasteiger partial charge in [0, 0.05) is 61.8 Å². The van der Waals surface area contributed by atoms with Crippen molar-refractivity contribution in [2.45, 2.75) is 45.4 Å². The molecule has 1 amide bonds. The maximum Gasteiger partial charge on any atom is 0.274 e. The molecular weight excluding hydrogens is 462 g/mol. The van der Waals surface area contributed by atoms with E-state index >= 15 is 0 Å². The van der Waals surface area contributed by atoms with Crippen molar-refractivity contribution in [2.24, 2.45) is 5.92 Å². The zero-order chi connectivity index (χ0) is 23.9. The normalized spacial score (nSPS) is 15.9. The Balaban J connectivity index is 1.27. The average molecular weight is 490 g/mol. The van der Waals surface area contributed by atoms with Crippen molar-refractivity contribution in [3.8, 4) is 0 Å². The molecule has 1 aromatic carbocycles. The van der Waals surface area contributed by atoms with E-state index in [1.165, 1.54) is 24.2 Å². The van der Waals surface area contributed by atoms with Crippen molar-refractivity contribution in [3.63, 3.8) is 0 Å². The molecule has 0 atom stereocenters. The first-order chi connectivity index (χ1) is 17.1. The summed E-state index contributed by atoms with van der Waals surface area (Å²) in [5.41, 5.74) is 6.55. The minimum Gasteiger partial charge on any atom is -0.464 e. The molecule has 1 fully saturated rings. The van der Waals surface area contributed by atoms with Crippen molar-refractivity contribution in [1.29, 1.82) is 0 Å². The second-order valence-corrected chi connectivity index (χ2v) is 10.3. The Morgan fingerprint density at radius 2 is 2.14 bits per heavy atom. The molecule has 0 spiro atoms. The number of para-hydroxylation sites is 1. The second-order valence-electron chi connectivity index (χ2n) is 9.59. The van der Waals surface area contributed by atoms with Crippen LogP contribution in [0.5, 0.6) is 0 Å². The molecule has 1 saturated carbocycles. The molecule has 0 saturated heterocycles. The van der Waals surface area contributed by atoms with Crippen LogP contribution in [0, 0.1) is 5.92 Å². The predicted molar refractivity (Wildman–Crippen MR) is 133 cm³/mol. The zero-order valence-electron chi connectivity index (χ0n) is 19.6. The molecule has 35 heavy (non-hydrogen) atoms. The Morgan fingerprint density at radius 1 is 1.29 bits per heavy atom. The molecule has 0 N–H and O–H groups in total. The molecule has 2 aliphatic rings. The molecule has 0 bridgehead atoms. The molecule has 1 aliphatic heterocycles. The SMILES string of the molecule is CN(Cc1cscn1)C(=O)c1nn(CC2CC2)c2c1CN(Cc1coc3ccccc3c1=O)CC2. The van der Waals surface area contributed by atoms with Gasteiger partial charge in [-0.25, -0.2) is 4.98 Å². The van der Waals surface area contributed by atoms with Crippen LogP contribution in [-0.2, 0) is 32.6 Å². The molecule has 6 rings (SSSR count). The quantitative estimate of drug-likeness (QED) is 0.394. The number of rotatable bonds is 7. The minimum atomic E-state index is -0.0872. The molecule has 9 heteroatoms. The molecule has 180 valence electrons. The van der Waals surface area contributed by atoms with Crippen LogP contribution in [-0.4, -0.2) is 44.1 Å². The number of fused-ring (bicyclic) bond motifs is 2. The van der Waals surface area contributed by atoms with Gasteiger partial charge < -0.3 is 9.32 Å². The predicted octanol–water partition coefficient (Wildman–Crippen LogP) is 3.69. The second kappa shape index (κ2) is 9.05. The Hall–Kier alpha value is -3.30. The van der Waals surface area contributed by atoms with Gasteiger partial charge >= 0.3 is 0 Å². The van der Waals surface area contributed by atoms with Gasteiger partial charge in [-0.2, -0.15) is 5.10 Å². The first-order valence-electron chi connectivity index (χ1n) is 12.0. The van der Waals surface area contributed by atoms with E-state index in [4.69, 9.17) is 9.52 Å². The average Bonchev–Trinajstić information content (AvgIpc) is 3.41. The summed E-state index contributed by atoms with van der Waals surface area (Å²) in [6.45, 7) is 3.19. The van der Waals surface area contributed by atoms with E-state index in [1.807, 2.05) is 23.6 Å². The molecule has 8 nitrogen and oxygen atoms in total. The molecular formula is C26H27N5O3S. The Labute approximate surface area is 206 Å². The van der Waals surface area contributed by atoms with Crippen LogP contribution in [0.25, 0.3) is 11.0 Å². The molecule has 1 aliphatic carbocycles. The van der Waals surface area contributed by atoms with E-state index in [9.17, 15) is 9.59 Å². The summed E-state index contributed by atoms with van der Waals surface area (Å²) < 4.78 is 7.79. The Kier molecular flexibility index (Phi) is 5.74. The largest absolute Gasteiger partial charge is 0.464 e. The van der Waals surface area contributed by atoms with Crippen LogP contribution in [0.1, 0.15) is 45.8 Å². The zero-order valence-corrected chi connectivity index (χ0v) is 20.5. The van der Waals surface area contributed by atoms with Crippen LogP contribution in [0.3, 0.4) is 0 Å². The standard InChI is InChI=1S/C26H27N5O3S/c1-29(12-19-15-35-16-27-19)26(33)24-21-13-30(9-8-22(21)31(28-24)10-17-6-7-17)11-18-14-34-23-5-3-2-4-20(23)25(18)32/h2-5,14-17H,6-13H2,1H3. The number of hydrogen-bond donors (Lipinski definition) is 0. The Morgan fingerprint density at radius 3 is 2.94 bits per heavy atom. The Bertz CT molecular complexity index is 1440. The number of nitrogens with zero attached hydrogens (tertiary/aromatic N) is 5. The van der Waals surface area contributed by atoms with Crippen LogP contribution in [0.2, 0.25) is 0 Å². The van der Waals surface area contributed by atoms with Crippen LogP contribution in [0.15, 0.2) is 50.6 Å². The number of amides is 1. The van der Waals surface area contributed by atoms with E-state index in [0.717, 1.165) is 36.5 Å². The van der Waals surface area contributed by atoms with Crippen molar-refractivity contribution < 1.29 is 9.21 Å². The van der Waals surface area contributed by atoms with E-state index < -0.39 is 0 Å². The number of aromatic nitrogens is 3. The molecule has 3 aromatic heterocycles. The molecule has 4 aromatic rings. The van der Waals surface area contributed by atoms with Gasteiger partial charge in [-0.3, -0.25) is 19.2 Å². The van der Waals surface area contributed by atoms with Crippen molar-refractivity contribution in [3.05, 3.63) is 79.9 Å². The summed E-state index contributed by atoms with van der Waals surface area (Å²) in [7, 11) is 1.80. The fourth-order valence-electron chi connectivity index (χ4n) is 4.83. The third kappa shape index (κ3) is 4.41. The highest BCUT2D eigenvalue weighted by molar-refractivity contribution is 7.07. The number of benzene rings is 1. The fourth-order valence-corrected chi connectivity index (χ4v) is 5.38. The van der Waals surface area contributed by atoms with Gasteiger partial charge in [-0.1, -0.05) is 12.1 Å². The minimum absolute atomic E-state index is 0.00127. The molecule has 0 radical (unpaired) electrons. The number of carbonyl (C=O) groups excluding carboxylic acids is 1. The lowest BCUT2D eigenvalue weighted by Gasteiger charge is -2.27. The maximum absolute atomic E-state index is 13.5. The number of carbonyl (C=O) groups is 1. The van der Waals surface area contributed by atoms with Gasteiger partial charge in [0.05, 0.1) is 29.4 Å². The lowest BCUT2D eigenvalue weighted by Crippen LogP contribution is -2.34. The van der Waals surface area contributed by atoms with Gasteiger partial charge in [0.15, 0.2) is 11.1 Å². The summed E-state index contributed by atoms with van der Waals surface area (Å²) in [6.07, 6.45) is 4.83. The van der Waals surface area contributed by atoms with Gasteiger partial charge in [-0.05, 0) is 30.9 Å². The number of hydrogen-bond acceptors (Lipinski definition) is 7. The van der Waals surface area contributed by atoms with Crippen LogP contribution in [0.4, 0.5) is 0 Å². The van der Waals surface area contributed by atoms with Crippen molar-refractivity contribution in [2.75, 3.05) is 13.6 Å². The van der Waals surface area contributed by atoms with Crippen molar-refractivity contribution >= 4 is 28.2 Å².